The lowest BCUT2D eigenvalue weighted by Gasteiger charge is -2.28. The van der Waals surface area contributed by atoms with Crippen molar-refractivity contribution in [2.24, 2.45) is 0 Å². The maximum Gasteiger partial charge on any atom is 0.243 e. The average molecular weight is 489 g/mol. The highest BCUT2D eigenvalue weighted by atomic mass is 35.5. The highest BCUT2D eigenvalue weighted by Crippen LogP contribution is 2.32. The summed E-state index contributed by atoms with van der Waals surface area (Å²) in [4.78, 5) is 13.2. The highest BCUT2D eigenvalue weighted by Gasteiger charge is 2.31. The number of carbonyl (C=O) groups excluding carboxylic acids is 1. The first-order valence-electron chi connectivity index (χ1n) is 10.1. The maximum absolute atomic E-state index is 13.3. The molecule has 1 amide bonds. The molecule has 0 aliphatic rings. The summed E-state index contributed by atoms with van der Waals surface area (Å²) in [5, 5.41) is 3.21. The van der Waals surface area contributed by atoms with Crippen LogP contribution in [0.2, 0.25) is 5.02 Å². The molecule has 0 aromatic heterocycles. The quantitative estimate of drug-likeness (QED) is 0.470. The Bertz CT molecular complexity index is 1200. The molecule has 3 aromatic carbocycles. The highest BCUT2D eigenvalue weighted by molar-refractivity contribution is 7.89. The SMILES string of the molecule is COc1ccc([C@@H](CC(=O)Nc2cc(Cl)ccc2OC)N(C)S(=O)(=O)c2ccccc2)cc1. The molecule has 33 heavy (non-hydrogen) atoms. The average Bonchev–Trinajstić information content (AvgIpc) is 2.83. The number of sulfonamides is 1. The van der Waals surface area contributed by atoms with E-state index >= 15 is 0 Å². The van der Waals surface area contributed by atoms with Crippen molar-refractivity contribution in [3.05, 3.63) is 83.4 Å². The van der Waals surface area contributed by atoms with E-state index in [0.29, 0.717) is 27.8 Å². The van der Waals surface area contributed by atoms with Crippen LogP contribution in [0.5, 0.6) is 11.5 Å². The molecular weight excluding hydrogens is 464 g/mol. The first kappa shape index (κ1) is 24.6. The number of nitrogens with one attached hydrogen (secondary N) is 1. The molecule has 0 fully saturated rings. The zero-order chi connectivity index (χ0) is 24.0. The number of anilines is 1. The van der Waals surface area contributed by atoms with Gasteiger partial charge in [0.2, 0.25) is 15.9 Å². The molecular formula is C24H25ClN2O5S. The predicted octanol–water partition coefficient (Wildman–Crippen LogP) is 4.75. The van der Waals surface area contributed by atoms with Gasteiger partial charge in [-0.2, -0.15) is 4.31 Å². The van der Waals surface area contributed by atoms with Gasteiger partial charge < -0.3 is 14.8 Å². The Morgan fingerprint density at radius 3 is 2.27 bits per heavy atom. The third kappa shape index (κ3) is 5.84. The third-order valence-electron chi connectivity index (χ3n) is 5.17. The lowest BCUT2D eigenvalue weighted by atomic mass is 10.0. The molecule has 1 N–H and O–H groups in total. The van der Waals surface area contributed by atoms with Crippen LogP contribution in [0.3, 0.4) is 0 Å². The van der Waals surface area contributed by atoms with Crippen LogP contribution in [0.25, 0.3) is 0 Å². The summed E-state index contributed by atoms with van der Waals surface area (Å²) < 4.78 is 38.3. The van der Waals surface area contributed by atoms with Gasteiger partial charge in [0, 0.05) is 18.5 Å². The van der Waals surface area contributed by atoms with Gasteiger partial charge in [-0.1, -0.05) is 41.9 Å². The van der Waals surface area contributed by atoms with Crippen molar-refractivity contribution in [1.82, 2.24) is 4.31 Å². The first-order chi connectivity index (χ1) is 15.8. The lowest BCUT2D eigenvalue weighted by molar-refractivity contribution is -0.117. The second kappa shape index (κ2) is 10.7. The molecule has 174 valence electrons. The van der Waals surface area contributed by atoms with Crippen molar-refractivity contribution >= 4 is 33.2 Å². The molecule has 7 nitrogen and oxygen atoms in total. The fraction of sp³-hybridized carbons (Fsp3) is 0.208. The molecule has 0 saturated carbocycles. The summed E-state index contributed by atoms with van der Waals surface area (Å²) in [6.07, 6.45) is -0.134. The van der Waals surface area contributed by atoms with Crippen LogP contribution in [0.1, 0.15) is 18.0 Å². The summed E-state index contributed by atoms with van der Waals surface area (Å²) in [5.74, 6) is 0.671. The van der Waals surface area contributed by atoms with E-state index in [2.05, 4.69) is 5.32 Å². The second-order valence-corrected chi connectivity index (χ2v) is 9.65. The number of rotatable bonds is 9. The molecule has 3 aromatic rings. The molecule has 3 rings (SSSR count). The number of halogens is 1. The van der Waals surface area contributed by atoms with Gasteiger partial charge in [-0.15, -0.1) is 0 Å². The minimum Gasteiger partial charge on any atom is -0.497 e. The van der Waals surface area contributed by atoms with Crippen molar-refractivity contribution in [1.29, 1.82) is 0 Å². The smallest absolute Gasteiger partial charge is 0.243 e. The Morgan fingerprint density at radius 1 is 1.00 bits per heavy atom. The van der Waals surface area contributed by atoms with E-state index < -0.39 is 22.0 Å². The van der Waals surface area contributed by atoms with Gasteiger partial charge >= 0.3 is 0 Å². The van der Waals surface area contributed by atoms with Gasteiger partial charge in [-0.25, -0.2) is 8.42 Å². The zero-order valence-electron chi connectivity index (χ0n) is 18.5. The second-order valence-electron chi connectivity index (χ2n) is 7.22. The number of nitrogens with zero attached hydrogens (tertiary/aromatic N) is 1. The fourth-order valence-electron chi connectivity index (χ4n) is 3.36. The topological polar surface area (TPSA) is 84.9 Å². The van der Waals surface area contributed by atoms with Crippen molar-refractivity contribution in [2.75, 3.05) is 26.6 Å². The summed E-state index contributed by atoms with van der Waals surface area (Å²) in [7, 11) is 0.630. The Labute approximate surface area is 198 Å². The molecule has 9 heteroatoms. The summed E-state index contributed by atoms with van der Waals surface area (Å²) >= 11 is 6.06. The normalized spacial score (nSPS) is 12.3. The summed E-state index contributed by atoms with van der Waals surface area (Å²) in [6, 6.07) is 19.1. The third-order valence-corrected chi connectivity index (χ3v) is 7.29. The fourth-order valence-corrected chi connectivity index (χ4v) is 4.90. The minimum absolute atomic E-state index is 0.134. The van der Waals surface area contributed by atoms with Gasteiger partial charge in [0.15, 0.2) is 0 Å². The first-order valence-corrected chi connectivity index (χ1v) is 11.9. The van der Waals surface area contributed by atoms with Gasteiger partial charge in [0.25, 0.3) is 0 Å². The van der Waals surface area contributed by atoms with Crippen LogP contribution >= 0.6 is 11.6 Å². The summed E-state index contributed by atoms with van der Waals surface area (Å²) in [6.45, 7) is 0. The number of methoxy groups -OCH3 is 2. The van der Waals surface area contributed by atoms with Crippen molar-refractivity contribution in [3.63, 3.8) is 0 Å². The van der Waals surface area contributed by atoms with E-state index in [4.69, 9.17) is 21.1 Å². The number of amides is 1. The molecule has 0 aliphatic carbocycles. The molecule has 0 unspecified atom stereocenters. The monoisotopic (exact) mass is 488 g/mol. The van der Waals surface area contributed by atoms with Gasteiger partial charge in [0.1, 0.15) is 11.5 Å². The van der Waals surface area contributed by atoms with Gasteiger partial charge in [-0.3, -0.25) is 4.79 Å². The van der Waals surface area contributed by atoms with Crippen molar-refractivity contribution in [3.8, 4) is 11.5 Å². The molecule has 0 aliphatic heterocycles. The maximum atomic E-state index is 13.3. The van der Waals surface area contributed by atoms with E-state index in [1.165, 1.54) is 30.6 Å². The van der Waals surface area contributed by atoms with E-state index in [1.807, 2.05) is 0 Å². The van der Waals surface area contributed by atoms with Crippen LogP contribution in [0, 0.1) is 0 Å². The van der Waals surface area contributed by atoms with Crippen LogP contribution in [-0.4, -0.2) is 39.9 Å². The Kier molecular flexibility index (Phi) is 7.97. The Morgan fingerprint density at radius 2 is 1.67 bits per heavy atom. The molecule has 0 saturated heterocycles. The van der Waals surface area contributed by atoms with E-state index in [1.54, 1.807) is 67.8 Å². The lowest BCUT2D eigenvalue weighted by Crippen LogP contribution is -2.33. The number of hydrogen-bond donors (Lipinski definition) is 1. The van der Waals surface area contributed by atoms with E-state index in [9.17, 15) is 13.2 Å². The zero-order valence-corrected chi connectivity index (χ0v) is 20.1. The molecule has 0 heterocycles. The number of benzene rings is 3. The molecule has 0 radical (unpaired) electrons. The van der Waals surface area contributed by atoms with Crippen molar-refractivity contribution in [2.45, 2.75) is 17.4 Å². The molecule has 0 spiro atoms. The standard InChI is InChI=1S/C24H25ClN2O5S/c1-27(33(29,30)20-7-5-4-6-8-20)22(17-9-12-19(31-2)13-10-17)16-24(28)26-21-15-18(25)11-14-23(21)32-3/h4-15,22H,16H2,1-3H3,(H,26,28)/t22-/m1/s1. The minimum atomic E-state index is -3.86. The Balaban J connectivity index is 1.93. The van der Waals surface area contributed by atoms with Crippen molar-refractivity contribution < 1.29 is 22.7 Å². The number of carbonyl (C=O) groups is 1. The van der Waals surface area contributed by atoms with Crippen LogP contribution in [0.15, 0.2) is 77.7 Å². The number of ether oxygens (including phenoxy) is 2. The van der Waals surface area contributed by atoms with E-state index in [0.717, 1.165) is 0 Å². The van der Waals surface area contributed by atoms with Crippen LogP contribution < -0.4 is 14.8 Å². The molecule has 0 bridgehead atoms. The van der Waals surface area contributed by atoms with Crippen LogP contribution in [0.4, 0.5) is 5.69 Å². The predicted molar refractivity (Wildman–Crippen MR) is 128 cm³/mol. The number of hydrogen-bond acceptors (Lipinski definition) is 5. The van der Waals surface area contributed by atoms with Gasteiger partial charge in [0.05, 0.1) is 30.8 Å². The summed E-state index contributed by atoms with van der Waals surface area (Å²) in [5.41, 5.74) is 1.04. The Hall–Kier alpha value is -3.07. The molecule has 1 atom stereocenters. The van der Waals surface area contributed by atoms with Crippen LogP contribution in [-0.2, 0) is 14.8 Å². The largest absolute Gasteiger partial charge is 0.497 e. The van der Waals surface area contributed by atoms with E-state index in [-0.39, 0.29) is 11.3 Å². The van der Waals surface area contributed by atoms with Gasteiger partial charge in [-0.05, 0) is 48.0 Å².